The van der Waals surface area contributed by atoms with Crippen LogP contribution in [0.4, 0.5) is 0 Å². The molecule has 1 rings (SSSR count). The quantitative estimate of drug-likeness (QED) is 0.576. The molecule has 0 aromatic heterocycles. The first-order valence-electron chi connectivity index (χ1n) is 5.92. The van der Waals surface area contributed by atoms with Crippen molar-refractivity contribution in [3.63, 3.8) is 0 Å². The zero-order valence-corrected chi connectivity index (χ0v) is 11.2. The number of hydrogen-bond donors (Lipinski definition) is 3. The fourth-order valence-electron chi connectivity index (χ4n) is 1.94. The van der Waals surface area contributed by atoms with E-state index in [-0.39, 0.29) is 31.5 Å². The number of aliphatic hydroxyl groups is 1. The zero-order chi connectivity index (χ0) is 13.8. The number of nitrogens with zero attached hydrogens (tertiary/aromatic N) is 1. The van der Waals surface area contributed by atoms with Gasteiger partial charge in [-0.1, -0.05) is 0 Å². The van der Waals surface area contributed by atoms with Gasteiger partial charge in [0.05, 0.1) is 12.5 Å². The van der Waals surface area contributed by atoms with E-state index in [0.717, 1.165) is 10.7 Å². The number of carboxylic acid groups (broad SMARTS) is 1. The molecule has 0 saturated heterocycles. The van der Waals surface area contributed by atoms with Crippen LogP contribution in [0.15, 0.2) is 0 Å². The van der Waals surface area contributed by atoms with Crippen LogP contribution in [0.5, 0.6) is 0 Å². The Labute approximate surface area is 107 Å². The van der Waals surface area contributed by atoms with Crippen molar-refractivity contribution in [1.29, 1.82) is 0 Å². The minimum atomic E-state index is -3.62. The van der Waals surface area contributed by atoms with Crippen molar-refractivity contribution >= 4 is 16.2 Å². The molecule has 2 unspecified atom stereocenters. The Morgan fingerprint density at radius 1 is 1.44 bits per heavy atom. The second-order valence-corrected chi connectivity index (χ2v) is 6.51. The fraction of sp³-hybridized carbons (Fsp3) is 0.900. The van der Waals surface area contributed by atoms with E-state index in [1.165, 1.54) is 7.05 Å². The monoisotopic (exact) mass is 280 g/mol. The van der Waals surface area contributed by atoms with Crippen LogP contribution >= 0.6 is 0 Å². The predicted octanol–water partition coefficient (Wildman–Crippen LogP) is -0.612. The Bertz CT molecular complexity index is 384. The fourth-order valence-corrected chi connectivity index (χ4v) is 2.94. The molecule has 8 heteroatoms. The van der Waals surface area contributed by atoms with Crippen LogP contribution in [0.1, 0.15) is 25.7 Å². The van der Waals surface area contributed by atoms with Gasteiger partial charge in [0.2, 0.25) is 0 Å². The van der Waals surface area contributed by atoms with Crippen molar-refractivity contribution in [2.75, 3.05) is 20.1 Å². The van der Waals surface area contributed by atoms with Gasteiger partial charge in [0.1, 0.15) is 0 Å². The van der Waals surface area contributed by atoms with Gasteiger partial charge in [0, 0.05) is 20.1 Å². The Morgan fingerprint density at radius 3 is 2.61 bits per heavy atom. The molecule has 0 radical (unpaired) electrons. The second kappa shape index (κ2) is 6.46. The summed E-state index contributed by atoms with van der Waals surface area (Å²) >= 11 is 0. The molecule has 0 heterocycles. The first-order valence-corrected chi connectivity index (χ1v) is 7.36. The lowest BCUT2D eigenvalue weighted by Gasteiger charge is -2.18. The molecule has 106 valence electrons. The summed E-state index contributed by atoms with van der Waals surface area (Å²) in [5.74, 6) is -0.876. The van der Waals surface area contributed by atoms with Gasteiger partial charge < -0.3 is 10.2 Å². The van der Waals surface area contributed by atoms with Gasteiger partial charge in [0.15, 0.2) is 0 Å². The molecule has 3 N–H and O–H groups in total. The van der Waals surface area contributed by atoms with Crippen LogP contribution < -0.4 is 4.72 Å². The molecule has 18 heavy (non-hydrogen) atoms. The summed E-state index contributed by atoms with van der Waals surface area (Å²) in [6, 6.07) is 0. The van der Waals surface area contributed by atoms with Crippen molar-refractivity contribution < 1.29 is 23.4 Å². The lowest BCUT2D eigenvalue weighted by atomic mass is 10.1. The number of hydrogen-bond acceptors (Lipinski definition) is 4. The third kappa shape index (κ3) is 4.89. The molecule has 2 atom stereocenters. The van der Waals surface area contributed by atoms with Crippen molar-refractivity contribution in [3.8, 4) is 0 Å². The topological polar surface area (TPSA) is 107 Å². The number of carbonyl (C=O) groups is 1. The first kappa shape index (κ1) is 15.4. The molecule has 7 nitrogen and oxygen atoms in total. The normalized spacial score (nSPS) is 24.6. The van der Waals surface area contributed by atoms with E-state index in [0.29, 0.717) is 12.8 Å². The van der Waals surface area contributed by atoms with Gasteiger partial charge in [-0.25, -0.2) is 4.72 Å². The number of aliphatic carboxylic acids is 1. The predicted molar refractivity (Wildman–Crippen MR) is 65.2 cm³/mol. The maximum absolute atomic E-state index is 11.7. The van der Waals surface area contributed by atoms with Crippen molar-refractivity contribution in [3.05, 3.63) is 0 Å². The number of nitrogens with one attached hydrogen (secondary N) is 1. The number of carboxylic acids is 1. The Kier molecular flexibility index (Phi) is 5.51. The molecule has 0 aromatic rings. The van der Waals surface area contributed by atoms with Gasteiger partial charge in [-0.2, -0.15) is 12.7 Å². The maximum Gasteiger partial charge on any atom is 0.304 e. The van der Waals surface area contributed by atoms with Crippen molar-refractivity contribution in [2.24, 2.45) is 5.92 Å². The van der Waals surface area contributed by atoms with Crippen molar-refractivity contribution in [1.82, 2.24) is 9.03 Å². The van der Waals surface area contributed by atoms with Crippen LogP contribution in [0, 0.1) is 5.92 Å². The van der Waals surface area contributed by atoms with Crippen molar-refractivity contribution in [2.45, 2.75) is 31.8 Å². The summed E-state index contributed by atoms with van der Waals surface area (Å²) in [4.78, 5) is 10.4. The van der Waals surface area contributed by atoms with Crippen LogP contribution in [0.3, 0.4) is 0 Å². The average molecular weight is 280 g/mol. The van der Waals surface area contributed by atoms with E-state index in [1.54, 1.807) is 0 Å². The molecular weight excluding hydrogens is 260 g/mol. The smallest absolute Gasteiger partial charge is 0.304 e. The van der Waals surface area contributed by atoms with E-state index in [9.17, 15) is 18.3 Å². The van der Waals surface area contributed by atoms with Crippen LogP contribution in [0.25, 0.3) is 0 Å². The maximum atomic E-state index is 11.7. The average Bonchev–Trinajstić information content (AvgIpc) is 2.69. The summed E-state index contributed by atoms with van der Waals surface area (Å²) in [5.41, 5.74) is 0. The Morgan fingerprint density at radius 2 is 2.11 bits per heavy atom. The molecule has 0 aromatic carbocycles. The van der Waals surface area contributed by atoms with Gasteiger partial charge in [0.25, 0.3) is 10.2 Å². The highest BCUT2D eigenvalue weighted by Crippen LogP contribution is 2.24. The number of aliphatic hydroxyl groups excluding tert-OH is 1. The largest absolute Gasteiger partial charge is 0.481 e. The van der Waals surface area contributed by atoms with E-state index in [1.807, 2.05) is 0 Å². The minimum Gasteiger partial charge on any atom is -0.481 e. The van der Waals surface area contributed by atoms with E-state index in [2.05, 4.69) is 4.72 Å². The second-order valence-electron chi connectivity index (χ2n) is 4.65. The molecule has 0 spiro atoms. The molecule has 1 aliphatic carbocycles. The summed E-state index contributed by atoms with van der Waals surface area (Å²) < 4.78 is 26.9. The lowest BCUT2D eigenvalue weighted by Crippen LogP contribution is -2.41. The molecule has 1 fully saturated rings. The SMILES string of the molecule is CN(CCC(=O)O)S(=O)(=O)NCC1CCC(O)C1. The first-order chi connectivity index (χ1) is 8.31. The summed E-state index contributed by atoms with van der Waals surface area (Å²) in [5, 5.41) is 17.8. The molecular formula is C10H20N2O5S. The van der Waals surface area contributed by atoms with Gasteiger partial charge in [-0.3, -0.25) is 4.79 Å². The highest BCUT2D eigenvalue weighted by molar-refractivity contribution is 7.87. The van der Waals surface area contributed by atoms with E-state index < -0.39 is 16.2 Å². The van der Waals surface area contributed by atoms with Gasteiger partial charge >= 0.3 is 5.97 Å². The highest BCUT2D eigenvalue weighted by Gasteiger charge is 2.25. The summed E-state index contributed by atoms with van der Waals surface area (Å²) in [6.07, 6.45) is 1.58. The molecule has 0 bridgehead atoms. The van der Waals surface area contributed by atoms with Gasteiger partial charge in [-0.05, 0) is 25.2 Å². The minimum absolute atomic E-state index is 0.0576. The summed E-state index contributed by atoms with van der Waals surface area (Å²) in [6.45, 7) is 0.231. The van der Waals surface area contributed by atoms with E-state index in [4.69, 9.17) is 5.11 Å². The number of rotatable bonds is 7. The third-order valence-corrected chi connectivity index (χ3v) is 4.65. The molecule has 0 aliphatic heterocycles. The van der Waals surface area contributed by atoms with Crippen LogP contribution in [0.2, 0.25) is 0 Å². The van der Waals surface area contributed by atoms with Crippen LogP contribution in [-0.2, 0) is 15.0 Å². The Balaban J connectivity index is 2.36. The van der Waals surface area contributed by atoms with Crippen LogP contribution in [-0.4, -0.2) is 55.1 Å². The zero-order valence-electron chi connectivity index (χ0n) is 10.4. The summed E-state index contributed by atoms with van der Waals surface area (Å²) in [7, 11) is -2.28. The van der Waals surface area contributed by atoms with Gasteiger partial charge in [-0.15, -0.1) is 0 Å². The van der Waals surface area contributed by atoms with E-state index >= 15 is 0 Å². The standard InChI is InChI=1S/C10H20N2O5S/c1-12(5-4-10(14)15)18(16,17)11-7-8-2-3-9(13)6-8/h8-9,11,13H,2-7H2,1H3,(H,14,15). The molecule has 1 saturated carbocycles. The molecule has 1 aliphatic rings. The Hall–Kier alpha value is -0.700. The highest BCUT2D eigenvalue weighted by atomic mass is 32.2. The third-order valence-electron chi connectivity index (χ3n) is 3.12. The molecule has 0 amide bonds. The lowest BCUT2D eigenvalue weighted by molar-refractivity contribution is -0.137.